The van der Waals surface area contributed by atoms with E-state index < -0.39 is 0 Å². The maximum Gasteiger partial charge on any atom is 0.224 e. The monoisotopic (exact) mass is 276 g/mol. The van der Waals surface area contributed by atoms with Gasteiger partial charge in [0.15, 0.2) is 0 Å². The first-order valence-electron chi connectivity index (χ1n) is 7.24. The van der Waals surface area contributed by atoms with Gasteiger partial charge in [0.2, 0.25) is 5.91 Å². The van der Waals surface area contributed by atoms with Crippen LogP contribution in [0.5, 0.6) is 5.75 Å². The van der Waals surface area contributed by atoms with Crippen molar-refractivity contribution in [2.24, 2.45) is 11.8 Å². The minimum Gasteiger partial charge on any atom is -0.497 e. The third-order valence-electron chi connectivity index (χ3n) is 3.82. The second-order valence-electron chi connectivity index (χ2n) is 5.56. The first-order chi connectivity index (χ1) is 9.65. The zero-order chi connectivity index (χ0) is 14.5. The topological polar surface area (TPSA) is 50.4 Å². The lowest BCUT2D eigenvalue weighted by Gasteiger charge is -2.21. The largest absolute Gasteiger partial charge is 0.497 e. The van der Waals surface area contributed by atoms with Gasteiger partial charge in [-0.15, -0.1) is 0 Å². The number of carbonyl (C=O) groups excluding carboxylic acids is 1. The number of benzene rings is 1. The molecule has 110 valence electrons. The first kappa shape index (κ1) is 14.9. The second-order valence-corrected chi connectivity index (χ2v) is 5.56. The zero-order valence-electron chi connectivity index (χ0n) is 12.5. The van der Waals surface area contributed by atoms with Crippen LogP contribution in [0.3, 0.4) is 0 Å². The molecule has 1 saturated carbocycles. The quantitative estimate of drug-likeness (QED) is 0.802. The number of rotatable bonds is 7. The van der Waals surface area contributed by atoms with Crippen LogP contribution in [0.25, 0.3) is 0 Å². The van der Waals surface area contributed by atoms with Crippen molar-refractivity contribution in [3.8, 4) is 5.75 Å². The summed E-state index contributed by atoms with van der Waals surface area (Å²) in [6, 6.07) is 8.13. The van der Waals surface area contributed by atoms with E-state index in [9.17, 15) is 4.79 Å². The summed E-state index contributed by atoms with van der Waals surface area (Å²) in [5.74, 6) is 1.53. The molecule has 0 aliphatic heterocycles. The van der Waals surface area contributed by atoms with E-state index in [1.165, 1.54) is 18.4 Å². The van der Waals surface area contributed by atoms with Crippen LogP contribution in [0, 0.1) is 11.8 Å². The van der Waals surface area contributed by atoms with Gasteiger partial charge in [0, 0.05) is 12.5 Å². The highest BCUT2D eigenvalue weighted by Gasteiger charge is 2.34. The standard InChI is InChI=1S/C16H24N2O2/c1-11(10-17-2)16(19)18-15(12-4-5-12)13-6-8-14(20-3)9-7-13/h6-9,11-12,15,17H,4-5,10H2,1-3H3,(H,18,19). The highest BCUT2D eigenvalue weighted by Crippen LogP contribution is 2.41. The molecule has 0 radical (unpaired) electrons. The van der Waals surface area contributed by atoms with Crippen molar-refractivity contribution in [2.75, 3.05) is 20.7 Å². The highest BCUT2D eigenvalue weighted by atomic mass is 16.5. The number of carbonyl (C=O) groups is 1. The average molecular weight is 276 g/mol. The van der Waals surface area contributed by atoms with Crippen molar-refractivity contribution in [3.63, 3.8) is 0 Å². The van der Waals surface area contributed by atoms with Crippen LogP contribution in [-0.4, -0.2) is 26.6 Å². The third kappa shape index (κ3) is 3.73. The van der Waals surface area contributed by atoms with Crippen LogP contribution in [0.2, 0.25) is 0 Å². The highest BCUT2D eigenvalue weighted by molar-refractivity contribution is 5.79. The molecule has 20 heavy (non-hydrogen) atoms. The molecule has 1 fully saturated rings. The minimum atomic E-state index is -0.0144. The number of ether oxygens (including phenoxy) is 1. The summed E-state index contributed by atoms with van der Waals surface area (Å²) in [4.78, 5) is 12.2. The Labute approximate surface area is 120 Å². The summed E-state index contributed by atoms with van der Waals surface area (Å²) in [6.45, 7) is 2.65. The molecule has 4 heteroatoms. The summed E-state index contributed by atoms with van der Waals surface area (Å²) in [6.07, 6.45) is 2.38. The Morgan fingerprint density at radius 1 is 1.35 bits per heavy atom. The fraction of sp³-hybridized carbons (Fsp3) is 0.562. The third-order valence-corrected chi connectivity index (χ3v) is 3.82. The first-order valence-corrected chi connectivity index (χ1v) is 7.24. The number of amides is 1. The molecule has 1 aliphatic carbocycles. The van der Waals surface area contributed by atoms with Gasteiger partial charge in [-0.1, -0.05) is 19.1 Å². The molecule has 2 rings (SSSR count). The predicted molar refractivity (Wildman–Crippen MR) is 79.7 cm³/mol. The second kappa shape index (κ2) is 6.75. The molecular weight excluding hydrogens is 252 g/mol. The number of hydrogen-bond acceptors (Lipinski definition) is 3. The molecule has 2 atom stereocenters. The minimum absolute atomic E-state index is 0.0144. The molecule has 1 aromatic carbocycles. The van der Waals surface area contributed by atoms with Crippen LogP contribution in [0.1, 0.15) is 31.4 Å². The average Bonchev–Trinajstić information content (AvgIpc) is 3.29. The predicted octanol–water partition coefficient (Wildman–Crippen LogP) is 2.12. The summed E-state index contributed by atoms with van der Waals surface area (Å²) in [5.41, 5.74) is 1.17. The van der Waals surface area contributed by atoms with E-state index in [4.69, 9.17) is 4.74 Å². The van der Waals surface area contributed by atoms with E-state index in [0.29, 0.717) is 12.5 Å². The smallest absolute Gasteiger partial charge is 0.224 e. The van der Waals surface area contributed by atoms with E-state index in [1.54, 1.807) is 7.11 Å². The summed E-state index contributed by atoms with van der Waals surface area (Å²) >= 11 is 0. The Bertz CT molecular complexity index is 440. The van der Waals surface area contributed by atoms with Gasteiger partial charge < -0.3 is 15.4 Å². The fourth-order valence-corrected chi connectivity index (χ4v) is 2.41. The molecular formula is C16H24N2O2. The lowest BCUT2D eigenvalue weighted by atomic mass is 10.0. The molecule has 0 spiro atoms. The van der Waals surface area contributed by atoms with Crippen molar-refractivity contribution in [2.45, 2.75) is 25.8 Å². The Morgan fingerprint density at radius 3 is 2.50 bits per heavy atom. The molecule has 4 nitrogen and oxygen atoms in total. The molecule has 1 aliphatic rings. The van der Waals surface area contributed by atoms with Crippen LogP contribution in [-0.2, 0) is 4.79 Å². The van der Waals surface area contributed by atoms with Crippen LogP contribution in [0.15, 0.2) is 24.3 Å². The van der Waals surface area contributed by atoms with E-state index in [0.717, 1.165) is 5.75 Å². The summed E-state index contributed by atoms with van der Waals surface area (Å²) < 4.78 is 5.18. The van der Waals surface area contributed by atoms with Crippen LogP contribution in [0.4, 0.5) is 0 Å². The van der Waals surface area contributed by atoms with E-state index in [-0.39, 0.29) is 17.9 Å². The molecule has 0 bridgehead atoms. The van der Waals surface area contributed by atoms with Gasteiger partial charge in [0.1, 0.15) is 5.75 Å². The van der Waals surface area contributed by atoms with E-state index in [2.05, 4.69) is 10.6 Å². The maximum absolute atomic E-state index is 12.2. The Balaban J connectivity index is 2.05. The number of methoxy groups -OCH3 is 1. The Hall–Kier alpha value is -1.55. The summed E-state index contributed by atoms with van der Waals surface area (Å²) in [5, 5.41) is 6.24. The molecule has 0 aromatic heterocycles. The Morgan fingerprint density at radius 2 is 2.00 bits per heavy atom. The lowest BCUT2D eigenvalue weighted by molar-refractivity contribution is -0.125. The fourth-order valence-electron chi connectivity index (χ4n) is 2.41. The molecule has 1 aromatic rings. The molecule has 0 heterocycles. The maximum atomic E-state index is 12.2. The molecule has 2 N–H and O–H groups in total. The van der Waals surface area contributed by atoms with Gasteiger partial charge in [-0.25, -0.2) is 0 Å². The van der Waals surface area contributed by atoms with Gasteiger partial charge in [-0.05, 0) is 43.5 Å². The van der Waals surface area contributed by atoms with Gasteiger partial charge in [0.05, 0.1) is 13.2 Å². The van der Waals surface area contributed by atoms with Gasteiger partial charge in [-0.2, -0.15) is 0 Å². The van der Waals surface area contributed by atoms with E-state index >= 15 is 0 Å². The summed E-state index contributed by atoms with van der Waals surface area (Å²) in [7, 11) is 3.53. The number of nitrogens with one attached hydrogen (secondary N) is 2. The molecule has 2 unspecified atom stereocenters. The van der Waals surface area contributed by atoms with Gasteiger partial charge in [-0.3, -0.25) is 4.79 Å². The molecule has 0 saturated heterocycles. The molecule has 1 amide bonds. The van der Waals surface area contributed by atoms with Crippen LogP contribution >= 0.6 is 0 Å². The van der Waals surface area contributed by atoms with Crippen molar-refractivity contribution < 1.29 is 9.53 Å². The SMILES string of the molecule is CNCC(C)C(=O)NC(c1ccc(OC)cc1)C1CC1. The van der Waals surface area contributed by atoms with Crippen LogP contribution < -0.4 is 15.4 Å². The van der Waals surface area contributed by atoms with E-state index in [1.807, 2.05) is 38.2 Å². The van der Waals surface area contributed by atoms with Gasteiger partial charge >= 0.3 is 0 Å². The van der Waals surface area contributed by atoms with Gasteiger partial charge in [0.25, 0.3) is 0 Å². The zero-order valence-corrected chi connectivity index (χ0v) is 12.5. The van der Waals surface area contributed by atoms with Crippen molar-refractivity contribution >= 4 is 5.91 Å². The van der Waals surface area contributed by atoms with Crippen molar-refractivity contribution in [1.82, 2.24) is 10.6 Å². The lowest BCUT2D eigenvalue weighted by Crippen LogP contribution is -2.37. The Kier molecular flexibility index (Phi) is 5.01. The normalized spacial score (nSPS) is 17.4. The van der Waals surface area contributed by atoms with Crippen molar-refractivity contribution in [3.05, 3.63) is 29.8 Å². The van der Waals surface area contributed by atoms with Crippen molar-refractivity contribution in [1.29, 1.82) is 0 Å². The number of hydrogen-bond donors (Lipinski definition) is 2.